The van der Waals surface area contributed by atoms with E-state index in [2.05, 4.69) is 116 Å². The van der Waals surface area contributed by atoms with Gasteiger partial charge in [0.2, 0.25) is 0 Å². The first-order valence-electron chi connectivity index (χ1n) is 9.89. The molecule has 0 fully saturated rings. The average Bonchev–Trinajstić information content (AvgIpc) is 2.73. The van der Waals surface area contributed by atoms with Gasteiger partial charge in [-0.15, -0.1) is 0 Å². The molecule has 0 bridgehead atoms. The van der Waals surface area contributed by atoms with Crippen molar-refractivity contribution in [3.05, 3.63) is 90.5 Å². The molecule has 0 radical (unpaired) electrons. The zero-order valence-corrected chi connectivity index (χ0v) is 19.1. The van der Waals surface area contributed by atoms with Crippen LogP contribution in [0.3, 0.4) is 0 Å². The van der Waals surface area contributed by atoms with E-state index >= 15 is 0 Å². The Morgan fingerprint density at radius 2 is 1.34 bits per heavy atom. The standard InChI is InChI=1S/C25H27NOSSi/c1-25(2,3)29(23-10-6-4-7-11-23,24-12-8-5-9-13-24)27-19-18-21-14-16-22(17-15-21)26-20-28/h4-17H,18-19H2,1-3H3. The summed E-state index contributed by atoms with van der Waals surface area (Å²) in [6.07, 6.45) is 0.853. The van der Waals surface area contributed by atoms with Gasteiger partial charge < -0.3 is 4.43 Å². The second-order valence-corrected chi connectivity index (χ2v) is 12.6. The van der Waals surface area contributed by atoms with Crippen molar-refractivity contribution in [3.63, 3.8) is 0 Å². The fraction of sp³-hybridized carbons (Fsp3) is 0.240. The molecule has 3 rings (SSSR count). The lowest BCUT2D eigenvalue weighted by molar-refractivity contribution is 0.302. The third kappa shape index (κ3) is 4.80. The molecule has 0 heterocycles. The van der Waals surface area contributed by atoms with Crippen molar-refractivity contribution < 1.29 is 4.43 Å². The molecule has 3 aromatic carbocycles. The highest BCUT2D eigenvalue weighted by atomic mass is 32.1. The Balaban J connectivity index is 1.92. The Labute approximate surface area is 180 Å². The van der Waals surface area contributed by atoms with Gasteiger partial charge in [-0.1, -0.05) is 93.6 Å². The minimum absolute atomic E-state index is 0.00638. The summed E-state index contributed by atoms with van der Waals surface area (Å²) in [5, 5.41) is 5.02. The smallest absolute Gasteiger partial charge is 0.261 e. The molecule has 2 nitrogen and oxygen atoms in total. The van der Waals surface area contributed by atoms with Crippen molar-refractivity contribution in [1.82, 2.24) is 0 Å². The summed E-state index contributed by atoms with van der Waals surface area (Å²) in [6.45, 7) is 7.58. The largest absolute Gasteiger partial charge is 0.407 e. The molecule has 0 atom stereocenters. The molecule has 0 N–H and O–H groups in total. The fourth-order valence-corrected chi connectivity index (χ4v) is 8.54. The Hall–Kier alpha value is -2.36. The number of rotatable bonds is 7. The van der Waals surface area contributed by atoms with Crippen LogP contribution in [0.25, 0.3) is 0 Å². The van der Waals surface area contributed by atoms with Crippen molar-refractivity contribution in [2.24, 2.45) is 4.99 Å². The molecule has 0 aliphatic rings. The summed E-state index contributed by atoms with van der Waals surface area (Å²) in [5.74, 6) is 0. The fourth-order valence-electron chi connectivity index (χ4n) is 3.87. The van der Waals surface area contributed by atoms with Crippen LogP contribution in [0.15, 0.2) is 89.9 Å². The van der Waals surface area contributed by atoms with Gasteiger partial charge in [-0.2, -0.15) is 4.99 Å². The highest BCUT2D eigenvalue weighted by Crippen LogP contribution is 2.36. The SMILES string of the molecule is CC(C)(C)[Si](OCCc1ccc(N=C=S)cc1)(c1ccccc1)c1ccccc1. The van der Waals surface area contributed by atoms with E-state index in [1.807, 2.05) is 12.1 Å². The van der Waals surface area contributed by atoms with Crippen LogP contribution in [0, 0.1) is 0 Å². The summed E-state index contributed by atoms with van der Waals surface area (Å²) in [6, 6.07) is 29.6. The van der Waals surface area contributed by atoms with E-state index in [-0.39, 0.29) is 5.04 Å². The van der Waals surface area contributed by atoms with Gasteiger partial charge in [0, 0.05) is 6.61 Å². The number of hydrogen-bond donors (Lipinski definition) is 0. The van der Waals surface area contributed by atoms with Crippen LogP contribution in [0.4, 0.5) is 5.69 Å². The van der Waals surface area contributed by atoms with Gasteiger partial charge in [0.15, 0.2) is 0 Å². The third-order valence-electron chi connectivity index (χ3n) is 5.24. The minimum atomic E-state index is -2.47. The van der Waals surface area contributed by atoms with E-state index in [4.69, 9.17) is 4.43 Å². The first kappa shape index (κ1) is 21.3. The molecule has 0 amide bonds. The molecule has 148 valence electrons. The van der Waals surface area contributed by atoms with Crippen molar-refractivity contribution >= 4 is 41.8 Å². The van der Waals surface area contributed by atoms with Crippen LogP contribution in [0.2, 0.25) is 5.04 Å². The molecular weight excluding hydrogens is 390 g/mol. The van der Waals surface area contributed by atoms with Gasteiger partial charge in [0.1, 0.15) is 0 Å². The highest BCUT2D eigenvalue weighted by Gasteiger charge is 2.49. The van der Waals surface area contributed by atoms with E-state index in [0.717, 1.165) is 12.1 Å². The van der Waals surface area contributed by atoms with Gasteiger partial charge >= 0.3 is 0 Å². The van der Waals surface area contributed by atoms with Gasteiger partial charge in [-0.3, -0.25) is 0 Å². The van der Waals surface area contributed by atoms with Gasteiger partial charge in [-0.25, -0.2) is 0 Å². The molecule has 0 aromatic heterocycles. The predicted molar refractivity (Wildman–Crippen MR) is 128 cm³/mol. The second-order valence-electron chi connectivity index (χ2n) is 8.13. The van der Waals surface area contributed by atoms with Gasteiger partial charge in [-0.05, 0) is 51.7 Å². The van der Waals surface area contributed by atoms with Crippen LogP contribution in [0.1, 0.15) is 26.3 Å². The molecule has 0 saturated carbocycles. The molecule has 0 aliphatic heterocycles. The lowest BCUT2D eigenvalue weighted by Gasteiger charge is -2.43. The van der Waals surface area contributed by atoms with Crippen LogP contribution < -0.4 is 10.4 Å². The molecular formula is C25H27NOSSi. The van der Waals surface area contributed by atoms with E-state index in [0.29, 0.717) is 6.61 Å². The Morgan fingerprint density at radius 1 is 0.828 bits per heavy atom. The van der Waals surface area contributed by atoms with E-state index in [1.54, 1.807) is 0 Å². The Kier molecular flexibility index (Phi) is 6.94. The van der Waals surface area contributed by atoms with Gasteiger partial charge in [0.25, 0.3) is 8.32 Å². The molecule has 0 aliphatic carbocycles. The summed E-state index contributed by atoms with van der Waals surface area (Å²) < 4.78 is 6.93. The monoisotopic (exact) mass is 417 g/mol. The van der Waals surface area contributed by atoms with Crippen molar-refractivity contribution in [2.75, 3.05) is 6.61 Å². The minimum Gasteiger partial charge on any atom is -0.407 e. The molecule has 29 heavy (non-hydrogen) atoms. The molecule has 0 saturated heterocycles. The van der Waals surface area contributed by atoms with Gasteiger partial charge in [0.05, 0.1) is 10.8 Å². The number of benzene rings is 3. The number of aliphatic imine (C=N–C) groups is 1. The summed E-state index contributed by atoms with van der Waals surface area (Å²) in [5.41, 5.74) is 2.06. The van der Waals surface area contributed by atoms with Crippen molar-refractivity contribution in [3.8, 4) is 0 Å². The summed E-state index contributed by atoms with van der Waals surface area (Å²) >= 11 is 4.67. The quantitative estimate of drug-likeness (QED) is 0.286. The number of isothiocyanates is 1. The molecule has 0 spiro atoms. The lowest BCUT2D eigenvalue weighted by Crippen LogP contribution is -2.66. The van der Waals surface area contributed by atoms with E-state index in [1.165, 1.54) is 15.9 Å². The summed E-state index contributed by atoms with van der Waals surface area (Å²) in [7, 11) is -2.47. The third-order valence-corrected chi connectivity index (χ3v) is 10.4. The number of nitrogens with zero attached hydrogens (tertiary/aromatic N) is 1. The van der Waals surface area contributed by atoms with Crippen LogP contribution in [-0.4, -0.2) is 20.1 Å². The Bertz CT molecular complexity index is 920. The maximum atomic E-state index is 6.93. The zero-order chi connectivity index (χ0) is 20.7. The Morgan fingerprint density at radius 3 is 1.79 bits per heavy atom. The van der Waals surface area contributed by atoms with E-state index in [9.17, 15) is 0 Å². The first-order chi connectivity index (χ1) is 14.0. The predicted octanol–water partition coefficient (Wildman–Crippen LogP) is 5.54. The van der Waals surface area contributed by atoms with Crippen LogP contribution in [-0.2, 0) is 10.8 Å². The second kappa shape index (κ2) is 9.42. The first-order valence-corrected chi connectivity index (χ1v) is 12.2. The topological polar surface area (TPSA) is 21.6 Å². The maximum absolute atomic E-state index is 6.93. The normalized spacial score (nSPS) is 11.7. The molecule has 0 unspecified atom stereocenters. The molecule has 3 aromatic rings. The average molecular weight is 418 g/mol. The number of hydrogen-bond acceptors (Lipinski definition) is 3. The van der Waals surface area contributed by atoms with Crippen molar-refractivity contribution in [1.29, 1.82) is 0 Å². The van der Waals surface area contributed by atoms with Crippen LogP contribution >= 0.6 is 12.2 Å². The maximum Gasteiger partial charge on any atom is 0.261 e. The highest BCUT2D eigenvalue weighted by molar-refractivity contribution is 7.78. The van der Waals surface area contributed by atoms with Crippen LogP contribution in [0.5, 0.6) is 0 Å². The van der Waals surface area contributed by atoms with E-state index < -0.39 is 8.32 Å². The summed E-state index contributed by atoms with van der Waals surface area (Å²) in [4.78, 5) is 4.02. The zero-order valence-electron chi connectivity index (χ0n) is 17.3. The lowest BCUT2D eigenvalue weighted by atomic mass is 10.1. The number of thiocarbonyl (C=S) groups is 1. The van der Waals surface area contributed by atoms with Crippen molar-refractivity contribution in [2.45, 2.75) is 32.2 Å². The molecule has 4 heteroatoms.